The first-order chi connectivity index (χ1) is 13.3. The van der Waals surface area contributed by atoms with E-state index in [1.807, 2.05) is 19.1 Å². The van der Waals surface area contributed by atoms with Crippen LogP contribution in [-0.4, -0.2) is 38.1 Å². The molecule has 5 nitrogen and oxygen atoms in total. The summed E-state index contributed by atoms with van der Waals surface area (Å²) in [7, 11) is 0. The van der Waals surface area contributed by atoms with E-state index in [2.05, 4.69) is 15.9 Å². The van der Waals surface area contributed by atoms with Gasteiger partial charge in [-0.05, 0) is 60.7 Å². The zero-order chi connectivity index (χ0) is 20.9. The van der Waals surface area contributed by atoms with Gasteiger partial charge >= 0.3 is 5.97 Å². The standard InChI is InChI=1S/C21H29BrO5S/c1-3-5-10-17(23)21(27,20(25)26)15-9-6-8-13(15)19(24)14(7-4-2)16-11-12-18(22)28-16/h3,5,11-13,15,17,23-24,27H,4,6-10H2,1-2H3,(H,25,26)/b5-3-,19-14+/t13-,15?,17+,21?/m0/s1. The lowest BCUT2D eigenvalue weighted by molar-refractivity contribution is -0.184. The lowest BCUT2D eigenvalue weighted by Crippen LogP contribution is -2.56. The van der Waals surface area contributed by atoms with Crippen LogP contribution in [0.25, 0.3) is 5.57 Å². The third-order valence-corrected chi connectivity index (χ3v) is 7.24. The first-order valence-electron chi connectivity index (χ1n) is 9.69. The van der Waals surface area contributed by atoms with E-state index >= 15 is 0 Å². The molecule has 1 fully saturated rings. The molecule has 0 aliphatic heterocycles. The van der Waals surface area contributed by atoms with Crippen LogP contribution in [0, 0.1) is 11.8 Å². The summed E-state index contributed by atoms with van der Waals surface area (Å²) in [6, 6.07) is 3.85. The van der Waals surface area contributed by atoms with Crippen molar-refractivity contribution in [2.45, 2.75) is 64.1 Å². The average molecular weight is 473 g/mol. The number of allylic oxidation sites excluding steroid dienone is 3. The van der Waals surface area contributed by atoms with Gasteiger partial charge in [0, 0.05) is 22.3 Å². The van der Waals surface area contributed by atoms with Gasteiger partial charge in [0.2, 0.25) is 0 Å². The molecule has 0 amide bonds. The van der Waals surface area contributed by atoms with Crippen LogP contribution in [0.3, 0.4) is 0 Å². The number of halogens is 1. The first-order valence-corrected chi connectivity index (χ1v) is 11.3. The topological polar surface area (TPSA) is 98.0 Å². The molecule has 1 saturated carbocycles. The number of carbonyl (C=O) groups is 1. The minimum absolute atomic E-state index is 0.0483. The summed E-state index contributed by atoms with van der Waals surface area (Å²) < 4.78 is 0.954. The summed E-state index contributed by atoms with van der Waals surface area (Å²) in [4.78, 5) is 12.9. The van der Waals surface area contributed by atoms with Gasteiger partial charge in [-0.2, -0.15) is 0 Å². The number of rotatable bonds is 9. The van der Waals surface area contributed by atoms with E-state index in [9.17, 15) is 25.2 Å². The second-order valence-corrected chi connectivity index (χ2v) is 9.78. The normalized spacial score (nSPS) is 24.2. The molecule has 2 rings (SSSR count). The summed E-state index contributed by atoms with van der Waals surface area (Å²) in [6.45, 7) is 3.80. The fraction of sp³-hybridized carbons (Fsp3) is 0.571. The van der Waals surface area contributed by atoms with Crippen molar-refractivity contribution in [2.75, 3.05) is 0 Å². The number of carboxylic acid groups (broad SMARTS) is 1. The molecule has 0 bridgehead atoms. The van der Waals surface area contributed by atoms with Crippen LogP contribution in [-0.2, 0) is 4.79 Å². The highest BCUT2D eigenvalue weighted by molar-refractivity contribution is 9.11. The predicted octanol–water partition coefficient (Wildman–Crippen LogP) is 5.14. The molecule has 28 heavy (non-hydrogen) atoms. The van der Waals surface area contributed by atoms with Crippen molar-refractivity contribution in [3.8, 4) is 0 Å². The highest BCUT2D eigenvalue weighted by atomic mass is 79.9. The third kappa shape index (κ3) is 4.70. The maximum absolute atomic E-state index is 12.0. The Morgan fingerprint density at radius 2 is 2.11 bits per heavy atom. The molecule has 1 aliphatic rings. The predicted molar refractivity (Wildman–Crippen MR) is 115 cm³/mol. The van der Waals surface area contributed by atoms with Gasteiger partial charge in [-0.3, -0.25) is 0 Å². The van der Waals surface area contributed by atoms with Crippen molar-refractivity contribution >= 4 is 38.8 Å². The maximum atomic E-state index is 12.0. The lowest BCUT2D eigenvalue weighted by atomic mass is 9.74. The monoisotopic (exact) mass is 472 g/mol. The molecule has 2 unspecified atom stereocenters. The van der Waals surface area contributed by atoms with Gasteiger partial charge in [0.25, 0.3) is 0 Å². The Kier molecular flexibility index (Phi) is 8.30. The molecular formula is C21H29BrO5S. The van der Waals surface area contributed by atoms with Gasteiger partial charge in [-0.1, -0.05) is 31.9 Å². The Morgan fingerprint density at radius 1 is 1.39 bits per heavy atom. The van der Waals surface area contributed by atoms with E-state index in [0.717, 1.165) is 20.7 Å². The molecule has 0 radical (unpaired) electrons. The van der Waals surface area contributed by atoms with Crippen LogP contribution < -0.4 is 0 Å². The molecule has 0 saturated heterocycles. The molecule has 1 heterocycles. The van der Waals surface area contributed by atoms with Crippen molar-refractivity contribution in [2.24, 2.45) is 11.8 Å². The van der Waals surface area contributed by atoms with Crippen LogP contribution in [0.1, 0.15) is 57.2 Å². The van der Waals surface area contributed by atoms with Crippen molar-refractivity contribution in [1.29, 1.82) is 0 Å². The van der Waals surface area contributed by atoms with E-state index in [-0.39, 0.29) is 12.2 Å². The molecule has 7 heteroatoms. The first kappa shape index (κ1) is 23.1. The number of carboxylic acids is 1. The summed E-state index contributed by atoms with van der Waals surface area (Å²) in [5.41, 5.74) is -1.51. The van der Waals surface area contributed by atoms with Gasteiger partial charge in [-0.25, -0.2) is 4.79 Å². The molecule has 0 spiro atoms. The van der Waals surface area contributed by atoms with Crippen molar-refractivity contribution in [3.63, 3.8) is 0 Å². The van der Waals surface area contributed by atoms with Gasteiger partial charge in [0.15, 0.2) is 5.60 Å². The molecule has 1 aromatic heterocycles. The van der Waals surface area contributed by atoms with Crippen LogP contribution in [0.2, 0.25) is 0 Å². The summed E-state index contributed by atoms with van der Waals surface area (Å²) >= 11 is 4.96. The Hall–Kier alpha value is -1.15. The maximum Gasteiger partial charge on any atom is 0.338 e. The highest BCUT2D eigenvalue weighted by Crippen LogP contribution is 2.47. The number of aliphatic carboxylic acids is 1. The van der Waals surface area contributed by atoms with Crippen LogP contribution in [0.15, 0.2) is 33.8 Å². The number of hydrogen-bond donors (Lipinski definition) is 4. The van der Waals surface area contributed by atoms with Crippen LogP contribution in [0.4, 0.5) is 0 Å². The van der Waals surface area contributed by atoms with Crippen molar-refractivity contribution < 1.29 is 25.2 Å². The van der Waals surface area contributed by atoms with E-state index in [1.165, 1.54) is 11.3 Å². The molecule has 1 aromatic rings. The van der Waals surface area contributed by atoms with Crippen LogP contribution in [0.5, 0.6) is 0 Å². The van der Waals surface area contributed by atoms with E-state index in [1.54, 1.807) is 19.1 Å². The van der Waals surface area contributed by atoms with E-state index in [0.29, 0.717) is 25.7 Å². The fourth-order valence-electron chi connectivity index (χ4n) is 4.13. The fourth-order valence-corrected chi connectivity index (χ4v) is 5.60. The number of thiophene rings is 1. The SMILES string of the molecule is C/C=C\C[C@@H](O)C(O)(C(=O)O)C1CCC[C@@H]1/C(O)=C(/CCC)c1ccc(Br)s1. The molecule has 4 N–H and O–H groups in total. The summed E-state index contributed by atoms with van der Waals surface area (Å²) in [5.74, 6) is -2.54. The number of hydrogen-bond acceptors (Lipinski definition) is 5. The largest absolute Gasteiger partial charge is 0.512 e. The Bertz CT molecular complexity index is 741. The molecule has 1 aliphatic carbocycles. The van der Waals surface area contributed by atoms with Gasteiger partial charge in [0.1, 0.15) is 5.76 Å². The Balaban J connectivity index is 2.46. The Morgan fingerprint density at radius 3 is 2.64 bits per heavy atom. The van der Waals surface area contributed by atoms with Crippen molar-refractivity contribution in [1.82, 2.24) is 0 Å². The van der Waals surface area contributed by atoms with Crippen LogP contribution >= 0.6 is 27.3 Å². The zero-order valence-corrected chi connectivity index (χ0v) is 18.7. The summed E-state index contributed by atoms with van der Waals surface area (Å²) in [6.07, 6.45) is 5.18. The second-order valence-electron chi connectivity index (χ2n) is 7.31. The lowest BCUT2D eigenvalue weighted by Gasteiger charge is -2.37. The number of aliphatic hydroxyl groups is 3. The highest BCUT2D eigenvalue weighted by Gasteiger charge is 2.55. The summed E-state index contributed by atoms with van der Waals surface area (Å²) in [5, 5.41) is 42.5. The average Bonchev–Trinajstić information content (AvgIpc) is 3.32. The van der Waals surface area contributed by atoms with E-state index in [4.69, 9.17) is 0 Å². The molecule has 4 atom stereocenters. The number of aliphatic hydroxyl groups excluding tert-OH is 2. The zero-order valence-electron chi connectivity index (χ0n) is 16.3. The molecule has 0 aromatic carbocycles. The molecule has 156 valence electrons. The Labute approximate surface area is 178 Å². The van der Waals surface area contributed by atoms with Gasteiger partial charge in [-0.15, -0.1) is 11.3 Å². The quantitative estimate of drug-likeness (QED) is 0.294. The minimum Gasteiger partial charge on any atom is -0.512 e. The smallest absolute Gasteiger partial charge is 0.338 e. The van der Waals surface area contributed by atoms with E-state index < -0.39 is 29.5 Å². The molecular weight excluding hydrogens is 444 g/mol. The third-order valence-electron chi connectivity index (χ3n) is 5.56. The minimum atomic E-state index is -2.30. The van der Waals surface area contributed by atoms with Crippen molar-refractivity contribution in [3.05, 3.63) is 38.7 Å². The van der Waals surface area contributed by atoms with Gasteiger partial charge in [0.05, 0.1) is 9.89 Å². The van der Waals surface area contributed by atoms with Gasteiger partial charge < -0.3 is 20.4 Å². The second kappa shape index (κ2) is 10.1.